The Morgan fingerprint density at radius 1 is 1.36 bits per heavy atom. The number of hydrogen-bond acceptors (Lipinski definition) is 1. The number of terminal acetylenes is 1. The van der Waals surface area contributed by atoms with E-state index in [9.17, 15) is 0 Å². The van der Waals surface area contributed by atoms with Crippen LogP contribution >= 0.6 is 0 Å². The van der Waals surface area contributed by atoms with Crippen LogP contribution < -0.4 is 5.32 Å². The van der Waals surface area contributed by atoms with Gasteiger partial charge in [0.05, 0.1) is 6.04 Å². The largest absolute Gasteiger partial charge is 0.304 e. The molecule has 0 aliphatic rings. The van der Waals surface area contributed by atoms with Gasteiger partial charge in [-0.05, 0) is 19.4 Å². The molecule has 0 radical (unpaired) electrons. The fourth-order valence-corrected chi connectivity index (χ4v) is 0.986. The molecule has 0 saturated carbocycles. The third-order valence-electron chi connectivity index (χ3n) is 1.70. The van der Waals surface area contributed by atoms with E-state index in [1.54, 1.807) is 0 Å². The molecule has 0 heterocycles. The van der Waals surface area contributed by atoms with Crippen LogP contribution in [0.4, 0.5) is 0 Å². The summed E-state index contributed by atoms with van der Waals surface area (Å²) in [5.74, 6) is 2.75. The molecule has 0 aromatic heterocycles. The molecule has 0 bridgehead atoms. The molecule has 0 unspecified atom stereocenters. The second-order valence-electron chi connectivity index (χ2n) is 2.82. The van der Waals surface area contributed by atoms with Crippen LogP contribution in [0.15, 0.2) is 0 Å². The van der Waals surface area contributed by atoms with Crippen molar-refractivity contribution in [1.29, 1.82) is 0 Å². The molecule has 0 aromatic rings. The summed E-state index contributed by atoms with van der Waals surface area (Å²) in [4.78, 5) is 0. The summed E-state index contributed by atoms with van der Waals surface area (Å²) in [7, 11) is 0. The lowest BCUT2D eigenvalue weighted by Crippen LogP contribution is -2.28. The maximum absolute atomic E-state index is 5.33. The normalized spacial score (nSPS) is 12.5. The SMILES string of the molecule is C#C[C@H](CCC)NCCCC. The van der Waals surface area contributed by atoms with Gasteiger partial charge in [-0.1, -0.05) is 32.6 Å². The highest BCUT2D eigenvalue weighted by Gasteiger charge is 1.99. The number of unbranched alkanes of at least 4 members (excludes halogenated alkanes) is 1. The van der Waals surface area contributed by atoms with Crippen molar-refractivity contribution in [2.75, 3.05) is 6.54 Å². The molecule has 0 aliphatic heterocycles. The zero-order valence-electron chi connectivity index (χ0n) is 7.69. The molecule has 0 saturated heterocycles. The Balaban J connectivity index is 3.30. The van der Waals surface area contributed by atoms with E-state index in [-0.39, 0.29) is 0 Å². The van der Waals surface area contributed by atoms with Crippen LogP contribution in [0.5, 0.6) is 0 Å². The van der Waals surface area contributed by atoms with E-state index in [1.165, 1.54) is 12.8 Å². The summed E-state index contributed by atoms with van der Waals surface area (Å²) >= 11 is 0. The topological polar surface area (TPSA) is 12.0 Å². The van der Waals surface area contributed by atoms with Crippen molar-refractivity contribution in [1.82, 2.24) is 5.32 Å². The van der Waals surface area contributed by atoms with Gasteiger partial charge in [-0.25, -0.2) is 0 Å². The van der Waals surface area contributed by atoms with Crippen LogP contribution in [-0.4, -0.2) is 12.6 Å². The minimum absolute atomic E-state index is 0.298. The van der Waals surface area contributed by atoms with Crippen LogP contribution in [-0.2, 0) is 0 Å². The molecule has 64 valence electrons. The molecular formula is C10H19N. The Labute approximate surface area is 70.6 Å². The molecule has 0 aromatic carbocycles. The third kappa shape index (κ3) is 5.94. The lowest BCUT2D eigenvalue weighted by molar-refractivity contribution is 0.547. The molecule has 0 spiro atoms. The summed E-state index contributed by atoms with van der Waals surface area (Å²) in [6, 6.07) is 0.298. The van der Waals surface area contributed by atoms with Crippen LogP contribution in [0.2, 0.25) is 0 Å². The highest BCUT2D eigenvalue weighted by molar-refractivity contribution is 4.98. The Morgan fingerprint density at radius 2 is 2.09 bits per heavy atom. The molecule has 1 heteroatoms. The van der Waals surface area contributed by atoms with Crippen LogP contribution in [0, 0.1) is 12.3 Å². The van der Waals surface area contributed by atoms with Crippen LogP contribution in [0.3, 0.4) is 0 Å². The van der Waals surface area contributed by atoms with Gasteiger partial charge < -0.3 is 5.32 Å². The van der Waals surface area contributed by atoms with Gasteiger partial charge in [0.15, 0.2) is 0 Å². The van der Waals surface area contributed by atoms with Crippen molar-refractivity contribution < 1.29 is 0 Å². The minimum Gasteiger partial charge on any atom is -0.304 e. The average Bonchev–Trinajstić information content (AvgIpc) is 2.03. The van der Waals surface area contributed by atoms with Crippen molar-refractivity contribution in [2.45, 2.75) is 45.6 Å². The third-order valence-corrected chi connectivity index (χ3v) is 1.70. The van der Waals surface area contributed by atoms with E-state index < -0.39 is 0 Å². The fraction of sp³-hybridized carbons (Fsp3) is 0.800. The van der Waals surface area contributed by atoms with Crippen molar-refractivity contribution in [3.63, 3.8) is 0 Å². The van der Waals surface area contributed by atoms with E-state index in [2.05, 4.69) is 25.1 Å². The lowest BCUT2D eigenvalue weighted by atomic mass is 10.2. The second kappa shape index (κ2) is 7.63. The van der Waals surface area contributed by atoms with Crippen molar-refractivity contribution in [2.24, 2.45) is 0 Å². The van der Waals surface area contributed by atoms with Gasteiger partial charge in [0.25, 0.3) is 0 Å². The molecular weight excluding hydrogens is 134 g/mol. The zero-order chi connectivity index (χ0) is 8.53. The maximum atomic E-state index is 5.33. The molecule has 11 heavy (non-hydrogen) atoms. The van der Waals surface area contributed by atoms with Gasteiger partial charge in [-0.15, -0.1) is 6.42 Å². The summed E-state index contributed by atoms with van der Waals surface area (Å²) < 4.78 is 0. The quantitative estimate of drug-likeness (QED) is 0.455. The highest BCUT2D eigenvalue weighted by Crippen LogP contribution is 1.95. The Hall–Kier alpha value is -0.480. The molecule has 0 fully saturated rings. The van der Waals surface area contributed by atoms with E-state index in [0.717, 1.165) is 19.4 Å². The summed E-state index contributed by atoms with van der Waals surface area (Å²) in [5.41, 5.74) is 0. The van der Waals surface area contributed by atoms with Gasteiger partial charge in [0.1, 0.15) is 0 Å². The predicted molar refractivity (Wildman–Crippen MR) is 50.4 cm³/mol. The first-order valence-corrected chi connectivity index (χ1v) is 4.54. The molecule has 1 atom stereocenters. The van der Waals surface area contributed by atoms with Gasteiger partial charge in [0, 0.05) is 0 Å². The van der Waals surface area contributed by atoms with Gasteiger partial charge in [-0.2, -0.15) is 0 Å². The van der Waals surface area contributed by atoms with Gasteiger partial charge in [-0.3, -0.25) is 0 Å². The predicted octanol–water partition coefficient (Wildman–Crippen LogP) is 2.18. The fourth-order valence-electron chi connectivity index (χ4n) is 0.986. The monoisotopic (exact) mass is 153 g/mol. The van der Waals surface area contributed by atoms with Crippen molar-refractivity contribution in [3.05, 3.63) is 0 Å². The second-order valence-corrected chi connectivity index (χ2v) is 2.82. The van der Waals surface area contributed by atoms with Gasteiger partial charge in [0.2, 0.25) is 0 Å². The Morgan fingerprint density at radius 3 is 2.55 bits per heavy atom. The van der Waals surface area contributed by atoms with E-state index in [4.69, 9.17) is 6.42 Å². The van der Waals surface area contributed by atoms with E-state index in [0.29, 0.717) is 6.04 Å². The van der Waals surface area contributed by atoms with Crippen LogP contribution in [0.25, 0.3) is 0 Å². The first-order chi connectivity index (χ1) is 5.35. The van der Waals surface area contributed by atoms with E-state index >= 15 is 0 Å². The Kier molecular flexibility index (Phi) is 7.29. The standard InChI is InChI=1S/C10H19N/c1-4-7-9-11-10(6-3)8-5-2/h3,10-11H,4-5,7-9H2,1-2H3/t10-/m1/s1. The minimum atomic E-state index is 0.298. The lowest BCUT2D eigenvalue weighted by Gasteiger charge is -2.10. The van der Waals surface area contributed by atoms with E-state index in [1.807, 2.05) is 0 Å². The molecule has 0 aliphatic carbocycles. The maximum Gasteiger partial charge on any atom is 0.0686 e. The van der Waals surface area contributed by atoms with Crippen molar-refractivity contribution >= 4 is 0 Å². The molecule has 0 rings (SSSR count). The number of nitrogens with one attached hydrogen (secondary N) is 1. The summed E-state index contributed by atoms with van der Waals surface area (Å²) in [5, 5.41) is 3.34. The number of rotatable bonds is 6. The first kappa shape index (κ1) is 10.5. The number of hydrogen-bond donors (Lipinski definition) is 1. The summed E-state index contributed by atoms with van der Waals surface area (Å²) in [6.45, 7) is 5.41. The zero-order valence-corrected chi connectivity index (χ0v) is 7.69. The van der Waals surface area contributed by atoms with Gasteiger partial charge >= 0.3 is 0 Å². The Bertz CT molecular complexity index is 113. The molecule has 0 amide bonds. The molecule has 1 N–H and O–H groups in total. The average molecular weight is 153 g/mol. The summed E-state index contributed by atoms with van der Waals surface area (Å²) in [6.07, 6.45) is 10.0. The van der Waals surface area contributed by atoms with Crippen molar-refractivity contribution in [3.8, 4) is 12.3 Å². The highest BCUT2D eigenvalue weighted by atomic mass is 14.9. The smallest absolute Gasteiger partial charge is 0.0686 e. The first-order valence-electron chi connectivity index (χ1n) is 4.54. The van der Waals surface area contributed by atoms with Crippen LogP contribution in [0.1, 0.15) is 39.5 Å². The molecule has 1 nitrogen and oxygen atoms in total.